The van der Waals surface area contributed by atoms with Gasteiger partial charge in [0.05, 0.1) is 0 Å². The van der Waals surface area contributed by atoms with Crippen LogP contribution in [-0.4, -0.2) is 71.0 Å². The van der Waals surface area contributed by atoms with Crippen LogP contribution in [0.3, 0.4) is 0 Å². The molecule has 0 aromatic rings. The predicted molar refractivity (Wildman–Crippen MR) is 79.1 cm³/mol. The fourth-order valence-corrected chi connectivity index (χ4v) is 2.27. The van der Waals surface area contributed by atoms with E-state index in [4.69, 9.17) is 0 Å². The quantitative estimate of drug-likeness (QED) is 0.338. The molecule has 0 aromatic carbocycles. The molecule has 19 heavy (non-hydrogen) atoms. The van der Waals surface area contributed by atoms with Gasteiger partial charge in [0.25, 0.3) is 0 Å². The van der Waals surface area contributed by atoms with Crippen molar-refractivity contribution in [3.63, 3.8) is 0 Å². The first-order valence-corrected chi connectivity index (χ1v) is 6.86. The van der Waals surface area contributed by atoms with E-state index in [0.717, 1.165) is 19.3 Å². The molecule has 110 valence electrons. The first-order valence-electron chi connectivity index (χ1n) is 6.86. The molecule has 0 spiro atoms. The van der Waals surface area contributed by atoms with E-state index in [9.17, 15) is 19.8 Å². The van der Waals surface area contributed by atoms with E-state index in [-0.39, 0.29) is 55.3 Å². The summed E-state index contributed by atoms with van der Waals surface area (Å²) in [4.78, 5) is 22.6. The summed E-state index contributed by atoms with van der Waals surface area (Å²) >= 11 is 0. The van der Waals surface area contributed by atoms with Crippen molar-refractivity contribution in [1.29, 1.82) is 0 Å². The second kappa shape index (κ2) is 11.2. The molecule has 0 atom stereocenters. The normalized spacial score (nSPS) is 11.2. The number of hydrogen-bond acceptors (Lipinski definition) is 2. The van der Waals surface area contributed by atoms with Crippen LogP contribution in [0.2, 0.25) is 0 Å². The van der Waals surface area contributed by atoms with Crippen LogP contribution >= 0.6 is 0 Å². The number of aliphatic carboxylic acids is 2. The van der Waals surface area contributed by atoms with Gasteiger partial charge in [-0.1, -0.05) is 59.3 Å². The molecule has 0 rings (SSSR count). The number of hydrogen-bond donors (Lipinski definition) is 2. The van der Waals surface area contributed by atoms with Gasteiger partial charge in [-0.2, -0.15) is 0 Å². The molecule has 0 saturated carbocycles. The van der Waals surface area contributed by atoms with Gasteiger partial charge in [0, 0.05) is 0 Å². The van der Waals surface area contributed by atoms with Crippen molar-refractivity contribution in [3.05, 3.63) is 0 Å². The minimum atomic E-state index is -1.62. The number of unbranched alkanes of at least 4 members (excludes halogenated alkanes) is 5. The van der Waals surface area contributed by atoms with Gasteiger partial charge in [-0.15, -0.1) is 0 Å². The Hall–Kier alpha value is 0.511. The summed E-state index contributed by atoms with van der Waals surface area (Å²) in [6.07, 6.45) is 6.36. The average Bonchev–Trinajstić information content (AvgIpc) is 2.26. The van der Waals surface area contributed by atoms with Crippen LogP contribution in [0.25, 0.3) is 0 Å². The second-order valence-electron chi connectivity index (χ2n) is 5.25. The molecule has 0 unspecified atom stereocenters. The zero-order chi connectivity index (χ0) is 14.2. The fraction of sp³-hybridized carbons (Fsp3) is 0.857. The van der Waals surface area contributed by atoms with Crippen LogP contribution < -0.4 is 0 Å². The molecule has 0 aromatic heterocycles. The number of carboxylic acids is 2. The van der Waals surface area contributed by atoms with Gasteiger partial charge >= 0.3 is 60.8 Å². The monoisotopic (exact) mass is 398 g/mol. The Labute approximate surface area is 156 Å². The van der Waals surface area contributed by atoms with Crippen molar-refractivity contribution in [2.24, 2.45) is 11.3 Å². The van der Waals surface area contributed by atoms with Crippen LogP contribution in [0, 0.1) is 11.3 Å². The van der Waals surface area contributed by atoms with E-state index >= 15 is 0 Å². The van der Waals surface area contributed by atoms with Crippen molar-refractivity contribution in [2.45, 2.75) is 65.7 Å². The van der Waals surface area contributed by atoms with Crippen LogP contribution in [0.5, 0.6) is 0 Å². The molecule has 0 heterocycles. The standard InChI is InChI=1S/C14H26O4.Ba.2H/c1-4-5-6-7-8-9-10-14(11(2)3,12(15)16)13(17)18;;;/h11H,4-10H2,1-3H3,(H,15,16)(H,17,18);;;. The van der Waals surface area contributed by atoms with E-state index < -0.39 is 23.3 Å². The molecule has 0 aliphatic carbocycles. The summed E-state index contributed by atoms with van der Waals surface area (Å²) in [6.45, 7) is 5.47. The molecule has 0 amide bonds. The van der Waals surface area contributed by atoms with Crippen molar-refractivity contribution in [1.82, 2.24) is 0 Å². The maximum atomic E-state index is 11.3. The van der Waals surface area contributed by atoms with Gasteiger partial charge in [0.1, 0.15) is 0 Å². The summed E-state index contributed by atoms with van der Waals surface area (Å²) in [5.74, 6) is -2.82. The Morgan fingerprint density at radius 3 is 1.74 bits per heavy atom. The Kier molecular flexibility index (Phi) is 12.9. The SMILES string of the molecule is CCCCCCCCC(C(=O)O)(C(=O)O)C(C)C.[BaH2]. The topological polar surface area (TPSA) is 74.6 Å². The predicted octanol–water partition coefficient (Wildman–Crippen LogP) is 2.63. The van der Waals surface area contributed by atoms with Crippen molar-refractivity contribution < 1.29 is 19.8 Å². The van der Waals surface area contributed by atoms with Crippen LogP contribution in [0.15, 0.2) is 0 Å². The molecule has 0 bridgehead atoms. The third kappa shape index (κ3) is 6.67. The molecular formula is C14H28BaO4. The summed E-state index contributed by atoms with van der Waals surface area (Å²) < 4.78 is 0. The van der Waals surface area contributed by atoms with E-state index in [1.807, 2.05) is 0 Å². The maximum absolute atomic E-state index is 11.3. The minimum absolute atomic E-state index is 0. The van der Waals surface area contributed by atoms with Gasteiger partial charge < -0.3 is 10.2 Å². The summed E-state index contributed by atoms with van der Waals surface area (Å²) in [7, 11) is 0. The summed E-state index contributed by atoms with van der Waals surface area (Å²) in [5.41, 5.74) is -1.62. The molecule has 0 saturated heterocycles. The van der Waals surface area contributed by atoms with Gasteiger partial charge in [0.15, 0.2) is 5.41 Å². The van der Waals surface area contributed by atoms with E-state index in [0.29, 0.717) is 6.42 Å². The molecule has 0 aliphatic rings. The van der Waals surface area contributed by atoms with E-state index in [1.165, 1.54) is 12.8 Å². The number of rotatable bonds is 10. The average molecular weight is 398 g/mol. The first kappa shape index (κ1) is 21.8. The molecule has 4 nitrogen and oxygen atoms in total. The number of carbonyl (C=O) groups is 2. The van der Waals surface area contributed by atoms with E-state index in [1.54, 1.807) is 13.8 Å². The fourth-order valence-electron chi connectivity index (χ4n) is 2.27. The molecule has 5 heteroatoms. The summed E-state index contributed by atoms with van der Waals surface area (Å²) in [5, 5.41) is 18.4. The van der Waals surface area contributed by atoms with Gasteiger partial charge in [-0.3, -0.25) is 9.59 Å². The summed E-state index contributed by atoms with van der Waals surface area (Å²) in [6, 6.07) is 0. The molecular weight excluding hydrogens is 369 g/mol. The van der Waals surface area contributed by atoms with E-state index in [2.05, 4.69) is 6.92 Å². The van der Waals surface area contributed by atoms with Crippen LogP contribution in [-0.2, 0) is 9.59 Å². The van der Waals surface area contributed by atoms with Crippen LogP contribution in [0.1, 0.15) is 65.7 Å². The Bertz CT molecular complexity index is 263. The van der Waals surface area contributed by atoms with Crippen molar-refractivity contribution in [2.75, 3.05) is 0 Å². The Morgan fingerprint density at radius 1 is 0.947 bits per heavy atom. The van der Waals surface area contributed by atoms with Gasteiger partial charge in [0.2, 0.25) is 0 Å². The number of carboxylic acid groups (broad SMARTS) is 2. The molecule has 0 aliphatic heterocycles. The zero-order valence-corrected chi connectivity index (χ0v) is 11.7. The van der Waals surface area contributed by atoms with Crippen LogP contribution in [0.4, 0.5) is 0 Å². The zero-order valence-electron chi connectivity index (χ0n) is 11.7. The Morgan fingerprint density at radius 2 is 1.37 bits per heavy atom. The third-order valence-electron chi connectivity index (χ3n) is 3.67. The van der Waals surface area contributed by atoms with Gasteiger partial charge in [-0.05, 0) is 12.3 Å². The molecule has 2 N–H and O–H groups in total. The van der Waals surface area contributed by atoms with Crippen molar-refractivity contribution in [3.8, 4) is 0 Å². The van der Waals surface area contributed by atoms with Gasteiger partial charge in [-0.25, -0.2) is 0 Å². The van der Waals surface area contributed by atoms with Crippen molar-refractivity contribution >= 4 is 60.8 Å². The second-order valence-corrected chi connectivity index (χ2v) is 5.25. The Balaban J connectivity index is 0. The third-order valence-corrected chi connectivity index (χ3v) is 3.67. The molecule has 0 radical (unpaired) electrons. The molecule has 0 fully saturated rings. The first-order chi connectivity index (χ1) is 8.39.